The van der Waals surface area contributed by atoms with E-state index in [0.29, 0.717) is 12.0 Å². The van der Waals surface area contributed by atoms with E-state index in [1.165, 1.54) is 37.2 Å². The minimum atomic E-state index is -0.171. The van der Waals surface area contributed by atoms with Crippen LogP contribution in [-0.4, -0.2) is 47.5 Å². The Hall–Kier alpha value is 0.230. The largest absolute Gasteiger partial charge is 0.391 e. The van der Waals surface area contributed by atoms with Gasteiger partial charge in [0.15, 0.2) is 0 Å². The zero-order valence-corrected chi connectivity index (χ0v) is 12.6. The van der Waals surface area contributed by atoms with Crippen molar-refractivity contribution in [1.29, 1.82) is 0 Å². The standard InChI is InChI=1S/C15H27NO2S/c17-14(13-3-1-2-7-16-13)12-4-8-18-15(11-12)5-9-19-10-6-15/h12-14,16-17H,1-11H2. The first-order valence-corrected chi connectivity index (χ1v) is 9.08. The van der Waals surface area contributed by atoms with E-state index in [0.717, 1.165) is 32.4 Å². The maximum Gasteiger partial charge on any atom is 0.0723 e. The van der Waals surface area contributed by atoms with Gasteiger partial charge in [0.2, 0.25) is 0 Å². The number of nitrogens with one attached hydrogen (secondary N) is 1. The van der Waals surface area contributed by atoms with Crippen LogP contribution in [-0.2, 0) is 4.74 Å². The lowest BCUT2D eigenvalue weighted by Crippen LogP contribution is -2.51. The highest BCUT2D eigenvalue weighted by Crippen LogP contribution is 2.41. The van der Waals surface area contributed by atoms with Crippen molar-refractivity contribution in [2.24, 2.45) is 5.92 Å². The normalized spacial score (nSPS) is 37.1. The molecule has 0 saturated carbocycles. The van der Waals surface area contributed by atoms with E-state index >= 15 is 0 Å². The lowest BCUT2D eigenvalue weighted by atomic mass is 9.77. The van der Waals surface area contributed by atoms with E-state index in [1.807, 2.05) is 11.8 Å². The van der Waals surface area contributed by atoms with Crippen LogP contribution in [0.5, 0.6) is 0 Å². The molecule has 2 N–H and O–H groups in total. The molecule has 3 atom stereocenters. The van der Waals surface area contributed by atoms with Crippen molar-refractivity contribution in [3.63, 3.8) is 0 Å². The predicted molar refractivity (Wildman–Crippen MR) is 79.6 cm³/mol. The van der Waals surface area contributed by atoms with Crippen LogP contribution in [0.1, 0.15) is 44.9 Å². The molecular formula is C15H27NO2S. The molecule has 0 aromatic carbocycles. The van der Waals surface area contributed by atoms with Crippen LogP contribution in [0.25, 0.3) is 0 Å². The maximum absolute atomic E-state index is 10.7. The summed E-state index contributed by atoms with van der Waals surface area (Å²) >= 11 is 2.05. The third-order valence-corrected chi connectivity index (χ3v) is 6.16. The van der Waals surface area contributed by atoms with Gasteiger partial charge < -0.3 is 15.2 Å². The Kier molecular flexibility index (Phi) is 4.73. The topological polar surface area (TPSA) is 41.5 Å². The van der Waals surface area contributed by atoms with Crippen LogP contribution < -0.4 is 5.32 Å². The quantitative estimate of drug-likeness (QED) is 0.816. The Balaban J connectivity index is 1.60. The van der Waals surface area contributed by atoms with Crippen LogP contribution >= 0.6 is 11.8 Å². The monoisotopic (exact) mass is 285 g/mol. The van der Waals surface area contributed by atoms with Gasteiger partial charge in [-0.1, -0.05) is 6.42 Å². The van der Waals surface area contributed by atoms with E-state index < -0.39 is 0 Å². The molecule has 110 valence electrons. The minimum Gasteiger partial charge on any atom is -0.391 e. The fraction of sp³-hybridized carbons (Fsp3) is 1.00. The van der Waals surface area contributed by atoms with Crippen LogP contribution in [0.2, 0.25) is 0 Å². The second kappa shape index (κ2) is 6.33. The first-order chi connectivity index (χ1) is 9.29. The molecule has 0 aromatic heterocycles. The van der Waals surface area contributed by atoms with Gasteiger partial charge in [0.25, 0.3) is 0 Å². The Morgan fingerprint density at radius 3 is 2.79 bits per heavy atom. The average molecular weight is 285 g/mol. The first-order valence-electron chi connectivity index (χ1n) is 7.92. The highest BCUT2D eigenvalue weighted by molar-refractivity contribution is 7.99. The Morgan fingerprint density at radius 2 is 2.05 bits per heavy atom. The summed E-state index contributed by atoms with van der Waals surface area (Å²) < 4.78 is 6.13. The minimum absolute atomic E-state index is 0.101. The molecule has 3 fully saturated rings. The molecule has 3 saturated heterocycles. The number of rotatable bonds is 2. The van der Waals surface area contributed by atoms with Crippen LogP contribution in [0.3, 0.4) is 0 Å². The molecule has 19 heavy (non-hydrogen) atoms. The fourth-order valence-electron chi connectivity index (χ4n) is 3.95. The number of piperidine rings is 1. The Labute approximate surface area is 120 Å². The maximum atomic E-state index is 10.7. The second-order valence-corrected chi connectivity index (χ2v) is 7.67. The van der Waals surface area contributed by atoms with Crippen molar-refractivity contribution in [2.75, 3.05) is 24.7 Å². The zero-order chi connectivity index (χ0) is 13.1. The Bertz CT molecular complexity index is 282. The van der Waals surface area contributed by atoms with Gasteiger partial charge in [-0.25, -0.2) is 0 Å². The van der Waals surface area contributed by atoms with E-state index in [2.05, 4.69) is 5.32 Å². The van der Waals surface area contributed by atoms with E-state index in [4.69, 9.17) is 4.74 Å². The predicted octanol–water partition coefficient (Wildman–Crippen LogP) is 2.18. The summed E-state index contributed by atoms with van der Waals surface area (Å²) in [5, 5.41) is 14.2. The van der Waals surface area contributed by atoms with Gasteiger partial charge in [-0.2, -0.15) is 11.8 Å². The summed E-state index contributed by atoms with van der Waals surface area (Å²) in [4.78, 5) is 0. The van der Waals surface area contributed by atoms with Crippen molar-refractivity contribution in [1.82, 2.24) is 5.32 Å². The lowest BCUT2D eigenvalue weighted by Gasteiger charge is -2.46. The molecule has 0 aliphatic carbocycles. The van der Waals surface area contributed by atoms with Crippen molar-refractivity contribution in [3.05, 3.63) is 0 Å². The number of aliphatic hydroxyl groups is 1. The number of hydrogen-bond donors (Lipinski definition) is 2. The summed E-state index contributed by atoms with van der Waals surface area (Å²) in [7, 11) is 0. The van der Waals surface area contributed by atoms with Crippen LogP contribution in [0, 0.1) is 5.92 Å². The summed E-state index contributed by atoms with van der Waals surface area (Å²) in [6.07, 6.45) is 7.97. The highest BCUT2D eigenvalue weighted by atomic mass is 32.2. The number of aliphatic hydroxyl groups excluding tert-OH is 1. The van der Waals surface area contributed by atoms with Crippen LogP contribution in [0.4, 0.5) is 0 Å². The molecule has 1 spiro atoms. The second-order valence-electron chi connectivity index (χ2n) is 6.44. The van der Waals surface area contributed by atoms with Crippen LogP contribution in [0.15, 0.2) is 0 Å². The van der Waals surface area contributed by atoms with Crippen molar-refractivity contribution in [3.8, 4) is 0 Å². The highest BCUT2D eigenvalue weighted by Gasteiger charge is 2.42. The van der Waals surface area contributed by atoms with Gasteiger partial charge in [0, 0.05) is 12.6 Å². The molecule has 3 nitrogen and oxygen atoms in total. The zero-order valence-electron chi connectivity index (χ0n) is 11.8. The molecule has 3 aliphatic rings. The number of thioether (sulfide) groups is 1. The molecule has 3 aliphatic heterocycles. The van der Waals surface area contributed by atoms with Gasteiger partial charge in [0.1, 0.15) is 0 Å². The average Bonchev–Trinajstić information content (AvgIpc) is 2.48. The number of ether oxygens (including phenoxy) is 1. The number of hydrogen-bond acceptors (Lipinski definition) is 4. The van der Waals surface area contributed by atoms with Gasteiger partial charge in [-0.05, 0) is 62.5 Å². The molecule has 4 heteroatoms. The van der Waals surface area contributed by atoms with E-state index in [-0.39, 0.29) is 11.7 Å². The third kappa shape index (κ3) is 3.29. The third-order valence-electron chi connectivity index (χ3n) is 5.18. The molecule has 3 heterocycles. The summed E-state index contributed by atoms with van der Waals surface area (Å²) in [6.45, 7) is 1.92. The molecule has 0 radical (unpaired) electrons. The first kappa shape index (κ1) is 14.2. The molecule has 0 aromatic rings. The molecular weight excluding hydrogens is 258 g/mol. The molecule has 0 amide bonds. The lowest BCUT2D eigenvalue weighted by molar-refractivity contribution is -0.125. The van der Waals surface area contributed by atoms with E-state index in [9.17, 15) is 5.11 Å². The smallest absolute Gasteiger partial charge is 0.0723 e. The summed E-state index contributed by atoms with van der Waals surface area (Å²) in [6, 6.07) is 0.326. The Morgan fingerprint density at radius 1 is 1.21 bits per heavy atom. The fourth-order valence-corrected chi connectivity index (χ4v) is 5.18. The molecule has 3 unspecified atom stereocenters. The van der Waals surface area contributed by atoms with Gasteiger partial charge in [-0.15, -0.1) is 0 Å². The van der Waals surface area contributed by atoms with Gasteiger partial charge in [0.05, 0.1) is 11.7 Å². The van der Waals surface area contributed by atoms with Crippen molar-refractivity contribution in [2.45, 2.75) is 62.7 Å². The van der Waals surface area contributed by atoms with Crippen molar-refractivity contribution < 1.29 is 9.84 Å². The van der Waals surface area contributed by atoms with Crippen molar-refractivity contribution >= 4 is 11.8 Å². The summed E-state index contributed by atoms with van der Waals surface area (Å²) in [5.41, 5.74) is 0.101. The molecule has 0 bridgehead atoms. The SMILES string of the molecule is OC(C1CCOC2(CCSCC2)C1)C1CCCCN1. The van der Waals surface area contributed by atoms with E-state index in [1.54, 1.807) is 0 Å². The summed E-state index contributed by atoms with van der Waals surface area (Å²) in [5.74, 6) is 2.89. The molecule has 3 rings (SSSR count). The van der Waals surface area contributed by atoms with Gasteiger partial charge >= 0.3 is 0 Å². The van der Waals surface area contributed by atoms with Gasteiger partial charge in [-0.3, -0.25) is 0 Å².